The molecule has 0 saturated carbocycles. The van der Waals surface area contributed by atoms with E-state index in [1.807, 2.05) is 78.9 Å². The van der Waals surface area contributed by atoms with Gasteiger partial charge in [0.25, 0.3) is 5.91 Å². The lowest BCUT2D eigenvalue weighted by molar-refractivity contribution is -0.121. The second-order valence-corrected chi connectivity index (χ2v) is 10.7. The molecule has 0 bridgehead atoms. The predicted molar refractivity (Wildman–Crippen MR) is 149 cm³/mol. The zero-order valence-corrected chi connectivity index (χ0v) is 22.0. The SMILES string of the molecule is O=C(CN(CCc1ccccc1)S(=O)(=O)c1ccc(Cl)cc1)N/N=C\c1cccc(Oc2ccccc2)c1. The first-order valence-electron chi connectivity index (χ1n) is 11.8. The van der Waals surface area contributed by atoms with Crippen molar-refractivity contribution in [1.29, 1.82) is 0 Å². The summed E-state index contributed by atoms with van der Waals surface area (Å²) in [6, 6.07) is 31.9. The fraction of sp³-hybridized carbons (Fsp3) is 0.103. The summed E-state index contributed by atoms with van der Waals surface area (Å²) in [4.78, 5) is 12.8. The Morgan fingerprint density at radius 2 is 1.53 bits per heavy atom. The van der Waals surface area contributed by atoms with Crippen LogP contribution in [0.15, 0.2) is 119 Å². The van der Waals surface area contributed by atoms with Crippen LogP contribution in [0.5, 0.6) is 11.5 Å². The molecule has 4 aromatic rings. The van der Waals surface area contributed by atoms with E-state index in [4.69, 9.17) is 16.3 Å². The van der Waals surface area contributed by atoms with Gasteiger partial charge in [0, 0.05) is 11.6 Å². The second kappa shape index (κ2) is 13.0. The molecule has 0 saturated heterocycles. The lowest BCUT2D eigenvalue weighted by atomic mass is 10.1. The Labute approximate surface area is 227 Å². The van der Waals surface area contributed by atoms with Crippen LogP contribution in [0.1, 0.15) is 11.1 Å². The number of halogens is 1. The van der Waals surface area contributed by atoms with Crippen molar-refractivity contribution in [2.24, 2.45) is 5.10 Å². The number of sulfonamides is 1. The van der Waals surface area contributed by atoms with E-state index in [0.29, 0.717) is 28.5 Å². The van der Waals surface area contributed by atoms with Gasteiger partial charge in [-0.15, -0.1) is 0 Å². The maximum absolute atomic E-state index is 13.3. The minimum absolute atomic E-state index is 0.0569. The molecule has 0 heterocycles. The first kappa shape index (κ1) is 27.1. The highest BCUT2D eigenvalue weighted by molar-refractivity contribution is 7.89. The van der Waals surface area contributed by atoms with Crippen molar-refractivity contribution in [3.63, 3.8) is 0 Å². The maximum atomic E-state index is 13.3. The minimum atomic E-state index is -3.95. The lowest BCUT2D eigenvalue weighted by Crippen LogP contribution is -2.40. The monoisotopic (exact) mass is 547 g/mol. The minimum Gasteiger partial charge on any atom is -0.457 e. The highest BCUT2D eigenvalue weighted by Gasteiger charge is 2.26. The fourth-order valence-corrected chi connectivity index (χ4v) is 5.12. The summed E-state index contributed by atoms with van der Waals surface area (Å²) in [6.45, 7) is -0.280. The number of carbonyl (C=O) groups is 1. The van der Waals surface area contributed by atoms with Crippen LogP contribution in [0.25, 0.3) is 0 Å². The van der Waals surface area contributed by atoms with Crippen molar-refractivity contribution in [3.05, 3.63) is 125 Å². The third kappa shape index (κ3) is 7.76. The van der Waals surface area contributed by atoms with Gasteiger partial charge in [0.1, 0.15) is 11.5 Å². The Balaban J connectivity index is 1.42. The van der Waals surface area contributed by atoms with Crippen molar-refractivity contribution >= 4 is 33.7 Å². The Bertz CT molecular complexity index is 1480. The van der Waals surface area contributed by atoms with E-state index in [1.54, 1.807) is 6.07 Å². The molecule has 9 heteroatoms. The second-order valence-electron chi connectivity index (χ2n) is 8.31. The molecule has 0 aliphatic heterocycles. The third-order valence-electron chi connectivity index (χ3n) is 5.50. The molecular weight excluding hydrogens is 522 g/mol. The van der Waals surface area contributed by atoms with E-state index in [0.717, 1.165) is 9.87 Å². The molecule has 0 aliphatic rings. The van der Waals surface area contributed by atoms with Crippen LogP contribution in [0.4, 0.5) is 0 Å². The number of rotatable bonds is 11. The Kier molecular flexibility index (Phi) is 9.26. The number of benzene rings is 4. The number of hydrazone groups is 1. The normalized spacial score (nSPS) is 11.5. The Morgan fingerprint density at radius 1 is 0.868 bits per heavy atom. The van der Waals surface area contributed by atoms with Crippen molar-refractivity contribution in [2.75, 3.05) is 13.1 Å². The van der Waals surface area contributed by atoms with Gasteiger partial charge in [-0.3, -0.25) is 4.79 Å². The van der Waals surface area contributed by atoms with Gasteiger partial charge in [-0.2, -0.15) is 9.41 Å². The van der Waals surface area contributed by atoms with Gasteiger partial charge in [-0.05, 0) is 66.1 Å². The molecule has 4 aromatic carbocycles. The summed E-state index contributed by atoms with van der Waals surface area (Å²) >= 11 is 5.93. The lowest BCUT2D eigenvalue weighted by Gasteiger charge is -2.21. The summed E-state index contributed by atoms with van der Waals surface area (Å²) < 4.78 is 33.6. The molecule has 1 N–H and O–H groups in total. The number of hydrogen-bond donors (Lipinski definition) is 1. The molecular formula is C29H26ClN3O4S. The molecule has 4 rings (SSSR count). The molecule has 0 radical (unpaired) electrons. The maximum Gasteiger partial charge on any atom is 0.255 e. The summed E-state index contributed by atoms with van der Waals surface area (Å²) in [6.07, 6.45) is 1.91. The Morgan fingerprint density at radius 3 is 2.24 bits per heavy atom. The number of carbonyl (C=O) groups excluding carboxylic acids is 1. The van der Waals surface area contributed by atoms with E-state index < -0.39 is 22.5 Å². The van der Waals surface area contributed by atoms with Gasteiger partial charge in [0.05, 0.1) is 17.7 Å². The highest BCUT2D eigenvalue weighted by atomic mass is 35.5. The van der Waals surface area contributed by atoms with E-state index in [-0.39, 0.29) is 11.4 Å². The van der Waals surface area contributed by atoms with Crippen molar-refractivity contribution in [1.82, 2.24) is 9.73 Å². The fourth-order valence-electron chi connectivity index (χ4n) is 3.60. The van der Waals surface area contributed by atoms with Crippen LogP contribution in [-0.4, -0.2) is 37.9 Å². The summed E-state index contributed by atoms with van der Waals surface area (Å²) in [5.74, 6) is 0.753. The van der Waals surface area contributed by atoms with Gasteiger partial charge < -0.3 is 4.74 Å². The molecule has 0 fully saturated rings. The highest BCUT2D eigenvalue weighted by Crippen LogP contribution is 2.21. The van der Waals surface area contributed by atoms with Crippen LogP contribution in [0.3, 0.4) is 0 Å². The van der Waals surface area contributed by atoms with E-state index in [9.17, 15) is 13.2 Å². The van der Waals surface area contributed by atoms with Gasteiger partial charge in [-0.25, -0.2) is 13.8 Å². The van der Waals surface area contributed by atoms with E-state index >= 15 is 0 Å². The number of nitrogens with one attached hydrogen (secondary N) is 1. The molecule has 0 spiro atoms. The van der Waals surface area contributed by atoms with Gasteiger partial charge in [0.15, 0.2) is 0 Å². The smallest absolute Gasteiger partial charge is 0.255 e. The third-order valence-corrected chi connectivity index (χ3v) is 7.62. The zero-order valence-electron chi connectivity index (χ0n) is 20.4. The number of hydrogen-bond acceptors (Lipinski definition) is 5. The molecule has 0 unspecified atom stereocenters. The van der Waals surface area contributed by atoms with Crippen molar-refractivity contribution in [3.8, 4) is 11.5 Å². The van der Waals surface area contributed by atoms with Gasteiger partial charge in [0.2, 0.25) is 10.0 Å². The molecule has 0 aromatic heterocycles. The number of nitrogens with zero attached hydrogens (tertiary/aromatic N) is 2. The quantitative estimate of drug-likeness (QED) is 0.198. The molecule has 7 nitrogen and oxygen atoms in total. The zero-order chi connectivity index (χ0) is 26.8. The van der Waals surface area contributed by atoms with Crippen LogP contribution in [-0.2, 0) is 21.2 Å². The molecule has 38 heavy (non-hydrogen) atoms. The molecule has 1 amide bonds. The Hall–Kier alpha value is -3.98. The van der Waals surface area contributed by atoms with Crippen LogP contribution in [0, 0.1) is 0 Å². The average Bonchev–Trinajstić information content (AvgIpc) is 2.92. The van der Waals surface area contributed by atoms with E-state index in [2.05, 4.69) is 10.5 Å². The topological polar surface area (TPSA) is 88.1 Å². The van der Waals surface area contributed by atoms with Crippen LogP contribution < -0.4 is 10.2 Å². The number of ether oxygens (including phenoxy) is 1. The first-order valence-corrected chi connectivity index (χ1v) is 13.7. The van der Waals surface area contributed by atoms with E-state index in [1.165, 1.54) is 30.5 Å². The van der Waals surface area contributed by atoms with Gasteiger partial charge >= 0.3 is 0 Å². The molecule has 194 valence electrons. The summed E-state index contributed by atoms with van der Waals surface area (Å²) in [5, 5.41) is 4.43. The standard InChI is InChI=1S/C29H26ClN3O4S/c30-25-14-16-28(17-15-25)38(35,36)33(19-18-23-8-3-1-4-9-23)22-29(34)32-31-21-24-10-7-13-27(20-24)37-26-11-5-2-6-12-26/h1-17,20-21H,18-19,22H2,(H,32,34)/b31-21-. The van der Waals surface area contributed by atoms with Crippen molar-refractivity contribution in [2.45, 2.75) is 11.3 Å². The molecule has 0 atom stereocenters. The van der Waals surface area contributed by atoms with Crippen LogP contribution >= 0.6 is 11.6 Å². The van der Waals surface area contributed by atoms with Gasteiger partial charge in [-0.1, -0.05) is 72.3 Å². The van der Waals surface area contributed by atoms with Crippen LogP contribution in [0.2, 0.25) is 5.02 Å². The number of amides is 1. The summed E-state index contributed by atoms with van der Waals surface area (Å²) in [5.41, 5.74) is 4.08. The predicted octanol–water partition coefficient (Wildman–Crippen LogP) is 5.52. The largest absolute Gasteiger partial charge is 0.457 e. The number of para-hydroxylation sites is 1. The average molecular weight is 548 g/mol. The first-order chi connectivity index (χ1) is 18.4. The summed E-state index contributed by atoms with van der Waals surface area (Å²) in [7, 11) is -3.95. The van der Waals surface area contributed by atoms with Crippen molar-refractivity contribution < 1.29 is 17.9 Å². The molecule has 0 aliphatic carbocycles.